The number of aromatic amines is 1. The predicted octanol–water partition coefficient (Wildman–Crippen LogP) is 1.77. The van der Waals surface area contributed by atoms with Gasteiger partial charge in [-0.25, -0.2) is 4.98 Å². The lowest BCUT2D eigenvalue weighted by molar-refractivity contribution is -0.117. The van der Waals surface area contributed by atoms with E-state index in [1.54, 1.807) is 12.4 Å². The number of nitrogens with one attached hydrogen (secondary N) is 3. The summed E-state index contributed by atoms with van der Waals surface area (Å²) >= 11 is 0. The third kappa shape index (κ3) is 2.66. The molecule has 1 aliphatic rings. The van der Waals surface area contributed by atoms with Crippen LogP contribution in [0.25, 0.3) is 11.4 Å². The molecule has 19 heavy (non-hydrogen) atoms. The number of carbonyl (C=O) groups excluding carboxylic acids is 1. The molecule has 1 aromatic carbocycles. The van der Waals surface area contributed by atoms with Gasteiger partial charge in [0.2, 0.25) is 5.91 Å². The molecule has 98 valence electrons. The van der Waals surface area contributed by atoms with Crippen LogP contribution in [0.15, 0.2) is 36.7 Å². The standard InChI is InChI=1S/C14H16N4O/c19-14(12-5-2-6-15-12)18-11-4-1-3-10(9-11)13-16-7-8-17-13/h1,3-4,7-9,12,15H,2,5-6H2,(H,16,17)(H,18,19). The number of amides is 1. The number of nitrogens with zero attached hydrogens (tertiary/aromatic N) is 1. The molecule has 5 nitrogen and oxygen atoms in total. The molecule has 0 spiro atoms. The Morgan fingerprint density at radius 3 is 3.11 bits per heavy atom. The zero-order chi connectivity index (χ0) is 13.1. The number of hydrogen-bond donors (Lipinski definition) is 3. The second-order valence-corrected chi connectivity index (χ2v) is 4.66. The molecule has 1 saturated heterocycles. The summed E-state index contributed by atoms with van der Waals surface area (Å²) in [5.41, 5.74) is 1.76. The van der Waals surface area contributed by atoms with E-state index in [4.69, 9.17) is 0 Å². The van der Waals surface area contributed by atoms with Crippen LogP contribution in [0.3, 0.4) is 0 Å². The lowest BCUT2D eigenvalue weighted by Crippen LogP contribution is -2.35. The number of anilines is 1. The van der Waals surface area contributed by atoms with Crippen molar-refractivity contribution >= 4 is 11.6 Å². The number of carbonyl (C=O) groups is 1. The van der Waals surface area contributed by atoms with Crippen molar-refractivity contribution in [3.05, 3.63) is 36.7 Å². The molecule has 1 amide bonds. The number of rotatable bonds is 3. The predicted molar refractivity (Wildman–Crippen MR) is 73.7 cm³/mol. The Hall–Kier alpha value is -2.14. The fraction of sp³-hybridized carbons (Fsp3) is 0.286. The number of H-pyrrole nitrogens is 1. The molecule has 3 rings (SSSR count). The molecule has 0 radical (unpaired) electrons. The molecule has 1 fully saturated rings. The minimum absolute atomic E-state index is 0.0362. The number of benzene rings is 1. The van der Waals surface area contributed by atoms with Crippen LogP contribution < -0.4 is 10.6 Å². The van der Waals surface area contributed by atoms with E-state index in [-0.39, 0.29) is 11.9 Å². The second kappa shape index (κ2) is 5.24. The van der Waals surface area contributed by atoms with Gasteiger partial charge in [-0.2, -0.15) is 0 Å². The van der Waals surface area contributed by atoms with E-state index >= 15 is 0 Å². The number of hydrogen-bond acceptors (Lipinski definition) is 3. The van der Waals surface area contributed by atoms with Gasteiger partial charge >= 0.3 is 0 Å². The minimum atomic E-state index is -0.0627. The zero-order valence-electron chi connectivity index (χ0n) is 10.5. The van der Waals surface area contributed by atoms with Crippen LogP contribution in [0.5, 0.6) is 0 Å². The van der Waals surface area contributed by atoms with Crippen molar-refractivity contribution in [2.24, 2.45) is 0 Å². The van der Waals surface area contributed by atoms with Crippen LogP contribution in [0, 0.1) is 0 Å². The summed E-state index contributed by atoms with van der Waals surface area (Å²) in [6.45, 7) is 0.921. The lowest BCUT2D eigenvalue weighted by atomic mass is 10.1. The van der Waals surface area contributed by atoms with Crippen molar-refractivity contribution in [1.82, 2.24) is 15.3 Å². The molecule has 1 aromatic heterocycles. The van der Waals surface area contributed by atoms with Gasteiger partial charge in [0.05, 0.1) is 6.04 Å². The summed E-state index contributed by atoms with van der Waals surface area (Å²) in [5.74, 6) is 0.837. The molecule has 1 aliphatic heterocycles. The normalized spacial score (nSPS) is 18.4. The fourth-order valence-electron chi connectivity index (χ4n) is 2.31. The lowest BCUT2D eigenvalue weighted by Gasteiger charge is -2.11. The Balaban J connectivity index is 1.74. The average Bonchev–Trinajstić information content (AvgIpc) is 3.13. The third-order valence-electron chi connectivity index (χ3n) is 3.28. The van der Waals surface area contributed by atoms with Crippen molar-refractivity contribution in [3.63, 3.8) is 0 Å². The van der Waals surface area contributed by atoms with E-state index in [1.165, 1.54) is 0 Å². The summed E-state index contributed by atoms with van der Waals surface area (Å²) < 4.78 is 0. The van der Waals surface area contributed by atoms with Gasteiger partial charge in [-0.05, 0) is 31.5 Å². The molecular formula is C14H16N4O. The summed E-state index contributed by atoms with van der Waals surface area (Å²) in [4.78, 5) is 19.3. The first kappa shape index (κ1) is 11.9. The maximum absolute atomic E-state index is 12.0. The van der Waals surface area contributed by atoms with E-state index in [9.17, 15) is 4.79 Å². The summed E-state index contributed by atoms with van der Waals surface area (Å²) in [6.07, 6.45) is 5.46. The van der Waals surface area contributed by atoms with Gasteiger partial charge < -0.3 is 15.6 Å². The van der Waals surface area contributed by atoms with Gasteiger partial charge in [0.1, 0.15) is 5.82 Å². The van der Waals surface area contributed by atoms with Crippen molar-refractivity contribution in [1.29, 1.82) is 0 Å². The Morgan fingerprint density at radius 2 is 2.37 bits per heavy atom. The van der Waals surface area contributed by atoms with Gasteiger partial charge in [0.15, 0.2) is 0 Å². The summed E-state index contributed by atoms with van der Waals surface area (Å²) in [7, 11) is 0. The Morgan fingerprint density at radius 1 is 1.42 bits per heavy atom. The van der Waals surface area contributed by atoms with Crippen molar-refractivity contribution < 1.29 is 4.79 Å². The van der Waals surface area contributed by atoms with Crippen LogP contribution in [-0.4, -0.2) is 28.5 Å². The molecule has 5 heteroatoms. The quantitative estimate of drug-likeness (QED) is 0.783. The van der Waals surface area contributed by atoms with Crippen LogP contribution >= 0.6 is 0 Å². The largest absolute Gasteiger partial charge is 0.345 e. The Labute approximate surface area is 111 Å². The molecule has 1 atom stereocenters. The van der Waals surface area contributed by atoms with Crippen LogP contribution in [0.2, 0.25) is 0 Å². The first-order chi connectivity index (χ1) is 9.33. The van der Waals surface area contributed by atoms with E-state index in [0.717, 1.165) is 36.5 Å². The molecule has 1 unspecified atom stereocenters. The van der Waals surface area contributed by atoms with Crippen LogP contribution in [0.1, 0.15) is 12.8 Å². The van der Waals surface area contributed by atoms with E-state index in [0.29, 0.717) is 0 Å². The van der Waals surface area contributed by atoms with Crippen molar-refractivity contribution in [2.75, 3.05) is 11.9 Å². The molecule has 0 bridgehead atoms. The van der Waals surface area contributed by atoms with Gasteiger partial charge in [0, 0.05) is 23.6 Å². The number of imidazole rings is 1. The second-order valence-electron chi connectivity index (χ2n) is 4.66. The highest BCUT2D eigenvalue weighted by molar-refractivity contribution is 5.95. The first-order valence-electron chi connectivity index (χ1n) is 6.47. The highest BCUT2D eigenvalue weighted by atomic mass is 16.2. The van der Waals surface area contributed by atoms with E-state index in [2.05, 4.69) is 20.6 Å². The SMILES string of the molecule is O=C(Nc1cccc(-c2ncc[nH]2)c1)C1CCCN1. The van der Waals surface area contributed by atoms with E-state index < -0.39 is 0 Å². The molecule has 2 aromatic rings. The smallest absolute Gasteiger partial charge is 0.241 e. The van der Waals surface area contributed by atoms with Gasteiger partial charge in [-0.3, -0.25) is 4.79 Å². The van der Waals surface area contributed by atoms with Crippen LogP contribution in [0.4, 0.5) is 5.69 Å². The van der Waals surface area contributed by atoms with Gasteiger partial charge in [0.25, 0.3) is 0 Å². The maximum atomic E-state index is 12.0. The van der Waals surface area contributed by atoms with Crippen molar-refractivity contribution in [3.8, 4) is 11.4 Å². The molecular weight excluding hydrogens is 240 g/mol. The molecule has 0 saturated carbocycles. The molecule has 0 aliphatic carbocycles. The van der Waals surface area contributed by atoms with Gasteiger partial charge in [-0.1, -0.05) is 12.1 Å². The van der Waals surface area contributed by atoms with Gasteiger partial charge in [-0.15, -0.1) is 0 Å². The summed E-state index contributed by atoms with van der Waals surface area (Å²) in [6, 6.07) is 7.62. The third-order valence-corrected chi connectivity index (χ3v) is 3.28. The molecule has 2 heterocycles. The van der Waals surface area contributed by atoms with E-state index in [1.807, 2.05) is 24.3 Å². The molecule has 3 N–H and O–H groups in total. The topological polar surface area (TPSA) is 69.8 Å². The van der Waals surface area contributed by atoms with Crippen molar-refractivity contribution in [2.45, 2.75) is 18.9 Å². The highest BCUT2D eigenvalue weighted by Gasteiger charge is 2.21. The highest BCUT2D eigenvalue weighted by Crippen LogP contribution is 2.19. The van der Waals surface area contributed by atoms with Crippen LogP contribution in [-0.2, 0) is 4.79 Å². The monoisotopic (exact) mass is 256 g/mol. The number of aromatic nitrogens is 2. The minimum Gasteiger partial charge on any atom is -0.345 e. The Bertz CT molecular complexity index is 559. The fourth-order valence-corrected chi connectivity index (χ4v) is 2.31. The first-order valence-corrected chi connectivity index (χ1v) is 6.47. The maximum Gasteiger partial charge on any atom is 0.241 e. The summed E-state index contributed by atoms with van der Waals surface area (Å²) in [5, 5.41) is 6.13. The average molecular weight is 256 g/mol. The Kier molecular flexibility index (Phi) is 3.29. The zero-order valence-corrected chi connectivity index (χ0v) is 10.5.